The Kier molecular flexibility index (Phi) is 3.55. The topological polar surface area (TPSA) is 39.9 Å². The minimum atomic E-state index is 0.392. The molecule has 2 heterocycles. The molecule has 0 aliphatic rings. The van der Waals surface area contributed by atoms with Crippen molar-refractivity contribution in [3.63, 3.8) is 0 Å². The van der Waals surface area contributed by atoms with Crippen LogP contribution in [0.1, 0.15) is 25.3 Å². The Bertz CT molecular complexity index is 778. The number of ether oxygens (including phenoxy) is 1. The third-order valence-corrected chi connectivity index (χ3v) is 3.74. The van der Waals surface area contributed by atoms with Gasteiger partial charge in [0.1, 0.15) is 11.6 Å². The van der Waals surface area contributed by atoms with Crippen LogP contribution in [0.15, 0.2) is 36.5 Å². The van der Waals surface area contributed by atoms with E-state index in [1.165, 1.54) is 5.56 Å². The number of aromatic nitrogens is 3. The van der Waals surface area contributed by atoms with Gasteiger partial charge in [0.25, 0.3) is 0 Å². The molecular weight excluding hydrogens is 286 g/mol. The van der Waals surface area contributed by atoms with Crippen LogP contribution >= 0.6 is 11.6 Å². The number of rotatable bonds is 3. The SMILES string of the molecule is COc1ccc2nc(Cl)n(-c3ccc(C(C)C)cn3)c2c1. The average molecular weight is 302 g/mol. The highest BCUT2D eigenvalue weighted by Crippen LogP contribution is 2.27. The van der Waals surface area contributed by atoms with Gasteiger partial charge in [-0.3, -0.25) is 4.57 Å². The van der Waals surface area contributed by atoms with Gasteiger partial charge in [-0.25, -0.2) is 9.97 Å². The van der Waals surface area contributed by atoms with Gasteiger partial charge in [0.15, 0.2) is 0 Å². The van der Waals surface area contributed by atoms with Gasteiger partial charge in [0, 0.05) is 12.3 Å². The second kappa shape index (κ2) is 5.37. The van der Waals surface area contributed by atoms with Gasteiger partial charge in [-0.05, 0) is 41.3 Å². The van der Waals surface area contributed by atoms with Gasteiger partial charge in [0.05, 0.1) is 18.1 Å². The second-order valence-corrected chi connectivity index (χ2v) is 5.51. The van der Waals surface area contributed by atoms with Crippen molar-refractivity contribution in [2.24, 2.45) is 0 Å². The number of fused-ring (bicyclic) bond motifs is 1. The Hall–Kier alpha value is -2.07. The normalized spacial score (nSPS) is 11.3. The van der Waals surface area contributed by atoms with E-state index in [4.69, 9.17) is 16.3 Å². The summed E-state index contributed by atoms with van der Waals surface area (Å²) in [5.41, 5.74) is 2.89. The molecule has 0 spiro atoms. The first-order chi connectivity index (χ1) is 10.1. The molecule has 0 bridgehead atoms. The highest BCUT2D eigenvalue weighted by Gasteiger charge is 2.13. The number of nitrogens with zero attached hydrogens (tertiary/aromatic N) is 3. The van der Waals surface area contributed by atoms with Crippen LogP contribution in [-0.4, -0.2) is 21.6 Å². The monoisotopic (exact) mass is 301 g/mol. The number of methoxy groups -OCH3 is 1. The van der Waals surface area contributed by atoms with Crippen molar-refractivity contribution in [3.8, 4) is 11.6 Å². The molecule has 21 heavy (non-hydrogen) atoms. The molecule has 3 rings (SSSR count). The molecule has 0 N–H and O–H groups in total. The molecule has 0 aliphatic carbocycles. The van der Waals surface area contributed by atoms with Crippen LogP contribution < -0.4 is 4.74 Å². The molecule has 0 saturated heterocycles. The van der Waals surface area contributed by atoms with E-state index in [-0.39, 0.29) is 0 Å². The highest BCUT2D eigenvalue weighted by molar-refractivity contribution is 6.29. The zero-order valence-electron chi connectivity index (χ0n) is 12.2. The predicted molar refractivity (Wildman–Crippen MR) is 84.5 cm³/mol. The van der Waals surface area contributed by atoms with Crippen molar-refractivity contribution in [2.75, 3.05) is 7.11 Å². The number of benzene rings is 1. The summed E-state index contributed by atoms with van der Waals surface area (Å²) in [6, 6.07) is 9.69. The van der Waals surface area contributed by atoms with Crippen LogP contribution in [0.4, 0.5) is 0 Å². The maximum Gasteiger partial charge on any atom is 0.209 e. The lowest BCUT2D eigenvalue weighted by molar-refractivity contribution is 0.415. The Morgan fingerprint density at radius 2 is 2.00 bits per heavy atom. The second-order valence-electron chi connectivity index (χ2n) is 5.18. The molecule has 5 heteroatoms. The van der Waals surface area contributed by atoms with E-state index in [0.717, 1.165) is 22.6 Å². The van der Waals surface area contributed by atoms with Crippen molar-refractivity contribution >= 4 is 22.6 Å². The lowest BCUT2D eigenvalue weighted by atomic mass is 10.1. The van der Waals surface area contributed by atoms with Crippen LogP contribution in [0.3, 0.4) is 0 Å². The van der Waals surface area contributed by atoms with E-state index in [1.54, 1.807) is 7.11 Å². The smallest absolute Gasteiger partial charge is 0.209 e. The third kappa shape index (κ3) is 2.47. The number of hydrogen-bond donors (Lipinski definition) is 0. The van der Waals surface area contributed by atoms with Gasteiger partial charge in [-0.15, -0.1) is 0 Å². The molecule has 0 atom stereocenters. The molecule has 0 aliphatic heterocycles. The van der Waals surface area contributed by atoms with Gasteiger partial charge in [0.2, 0.25) is 5.28 Å². The highest BCUT2D eigenvalue weighted by atomic mass is 35.5. The van der Waals surface area contributed by atoms with Crippen LogP contribution in [-0.2, 0) is 0 Å². The lowest BCUT2D eigenvalue weighted by Gasteiger charge is -2.08. The van der Waals surface area contributed by atoms with Gasteiger partial charge < -0.3 is 4.74 Å². The molecule has 0 saturated carbocycles. The molecule has 0 unspecified atom stereocenters. The summed E-state index contributed by atoms with van der Waals surface area (Å²) < 4.78 is 7.09. The van der Waals surface area contributed by atoms with Gasteiger partial charge >= 0.3 is 0 Å². The Balaban J connectivity index is 2.16. The standard InChI is InChI=1S/C16H16ClN3O/c1-10(2)11-4-7-15(18-9-11)20-14-8-12(21-3)5-6-13(14)19-16(20)17/h4-10H,1-3H3. The summed E-state index contributed by atoms with van der Waals surface area (Å²) in [4.78, 5) is 8.86. The summed E-state index contributed by atoms with van der Waals surface area (Å²) in [6.07, 6.45) is 1.88. The molecule has 108 valence electrons. The molecule has 3 aromatic rings. The predicted octanol–water partition coefficient (Wildman–Crippen LogP) is 4.21. The van der Waals surface area contributed by atoms with Crippen LogP contribution in [0.2, 0.25) is 5.28 Å². The van der Waals surface area contributed by atoms with E-state index >= 15 is 0 Å². The van der Waals surface area contributed by atoms with Crippen LogP contribution in [0, 0.1) is 0 Å². The molecule has 0 amide bonds. The fourth-order valence-corrected chi connectivity index (χ4v) is 2.51. The lowest BCUT2D eigenvalue weighted by Crippen LogP contribution is -1.99. The Morgan fingerprint density at radius 3 is 2.62 bits per heavy atom. The molecule has 2 aromatic heterocycles. The first kappa shape index (κ1) is 13.9. The zero-order valence-corrected chi connectivity index (χ0v) is 12.9. The quantitative estimate of drug-likeness (QED) is 0.727. The van der Waals surface area contributed by atoms with Crippen molar-refractivity contribution in [3.05, 3.63) is 47.4 Å². The fourth-order valence-electron chi connectivity index (χ4n) is 2.24. The van der Waals surface area contributed by atoms with E-state index in [1.807, 2.05) is 35.0 Å². The van der Waals surface area contributed by atoms with Crippen molar-refractivity contribution in [1.82, 2.24) is 14.5 Å². The van der Waals surface area contributed by atoms with Gasteiger partial charge in [-0.1, -0.05) is 19.9 Å². The number of pyridine rings is 1. The summed E-state index contributed by atoms with van der Waals surface area (Å²) in [5, 5.41) is 0.392. The number of hydrogen-bond acceptors (Lipinski definition) is 3. The fraction of sp³-hybridized carbons (Fsp3) is 0.250. The molecule has 4 nitrogen and oxygen atoms in total. The minimum Gasteiger partial charge on any atom is -0.497 e. The number of halogens is 1. The largest absolute Gasteiger partial charge is 0.497 e. The van der Waals surface area contributed by atoms with E-state index in [2.05, 4.69) is 29.9 Å². The summed E-state index contributed by atoms with van der Waals surface area (Å²) in [6.45, 7) is 4.28. The van der Waals surface area contributed by atoms with Crippen molar-refractivity contribution in [1.29, 1.82) is 0 Å². The first-order valence-electron chi connectivity index (χ1n) is 6.78. The maximum absolute atomic E-state index is 6.27. The van der Waals surface area contributed by atoms with E-state index < -0.39 is 0 Å². The van der Waals surface area contributed by atoms with E-state index in [9.17, 15) is 0 Å². The van der Waals surface area contributed by atoms with E-state index in [0.29, 0.717) is 11.2 Å². The first-order valence-corrected chi connectivity index (χ1v) is 7.16. The Morgan fingerprint density at radius 1 is 1.19 bits per heavy atom. The van der Waals surface area contributed by atoms with Crippen LogP contribution in [0.25, 0.3) is 16.9 Å². The molecule has 0 fully saturated rings. The van der Waals surface area contributed by atoms with Crippen LogP contribution in [0.5, 0.6) is 5.75 Å². The maximum atomic E-state index is 6.27. The van der Waals surface area contributed by atoms with Gasteiger partial charge in [-0.2, -0.15) is 0 Å². The molecule has 1 aromatic carbocycles. The summed E-state index contributed by atoms with van der Waals surface area (Å²) >= 11 is 6.27. The van der Waals surface area contributed by atoms with Crippen molar-refractivity contribution < 1.29 is 4.74 Å². The zero-order chi connectivity index (χ0) is 15.0. The average Bonchev–Trinajstić information content (AvgIpc) is 2.82. The minimum absolute atomic E-state index is 0.392. The number of imidazole rings is 1. The Labute approximate surface area is 128 Å². The third-order valence-electron chi connectivity index (χ3n) is 3.49. The van der Waals surface area contributed by atoms with Crippen molar-refractivity contribution in [2.45, 2.75) is 19.8 Å². The molecule has 0 radical (unpaired) electrons. The summed E-state index contributed by atoms with van der Waals surface area (Å²) in [7, 11) is 1.64. The summed E-state index contributed by atoms with van der Waals surface area (Å²) in [5.74, 6) is 1.96. The molecular formula is C16H16ClN3O.